The molecule has 39 heavy (non-hydrogen) atoms. The van der Waals surface area contributed by atoms with Crippen LogP contribution in [0, 0.1) is 30.3 Å². The molecule has 1 unspecified atom stereocenters. The quantitative estimate of drug-likeness (QED) is 0.0782. The molecule has 1 N–H and O–H groups in total. The zero-order valence-electron chi connectivity index (χ0n) is 20.9. The monoisotopic (exact) mass is 560 g/mol. The van der Waals surface area contributed by atoms with Gasteiger partial charge in [0.2, 0.25) is 5.91 Å². The fourth-order valence-corrected chi connectivity index (χ4v) is 3.03. The second-order valence-electron chi connectivity index (χ2n) is 7.88. The third-order valence-electron chi connectivity index (χ3n) is 4.59. The van der Waals surface area contributed by atoms with Crippen molar-refractivity contribution in [1.29, 1.82) is 0 Å². The van der Waals surface area contributed by atoms with E-state index in [9.17, 15) is 44.7 Å². The van der Waals surface area contributed by atoms with Crippen LogP contribution in [0.25, 0.3) is 0 Å². The standard InChI is InChI=1S/C21H28N4O14/c1-15(22-19(26)5-2-10-35-23(29)30)13-16-8-9-17(38-20(27)6-3-11-36-24(31)32)18(14-16)39-21(28)7-4-12-37-25(33)34/h8-9,14-15H,2-7,10-13H2,1H3,(H,22,26). The number of nitrogens with one attached hydrogen (secondary N) is 1. The minimum absolute atomic E-state index is 0.00115. The van der Waals surface area contributed by atoms with Crippen LogP contribution < -0.4 is 14.8 Å². The zero-order chi connectivity index (χ0) is 29.2. The number of benzene rings is 1. The van der Waals surface area contributed by atoms with Gasteiger partial charge in [0, 0.05) is 25.3 Å². The van der Waals surface area contributed by atoms with Gasteiger partial charge in [-0.1, -0.05) is 6.07 Å². The number of carbonyl (C=O) groups excluding carboxylic acids is 3. The Kier molecular flexibility index (Phi) is 14.6. The first-order valence-corrected chi connectivity index (χ1v) is 11.6. The van der Waals surface area contributed by atoms with Gasteiger partial charge in [-0.3, -0.25) is 14.4 Å². The summed E-state index contributed by atoms with van der Waals surface area (Å²) in [4.78, 5) is 79.4. The number of ether oxygens (including phenoxy) is 2. The van der Waals surface area contributed by atoms with Crippen LogP contribution in [0.15, 0.2) is 18.2 Å². The molecule has 0 saturated carbocycles. The maximum absolute atomic E-state index is 12.2. The molecule has 1 aromatic rings. The predicted molar refractivity (Wildman–Crippen MR) is 126 cm³/mol. The van der Waals surface area contributed by atoms with Gasteiger partial charge in [-0.15, -0.1) is 30.3 Å². The lowest BCUT2D eigenvalue weighted by Gasteiger charge is -2.16. The second-order valence-corrected chi connectivity index (χ2v) is 7.88. The predicted octanol–water partition coefficient (Wildman–Crippen LogP) is 1.51. The summed E-state index contributed by atoms with van der Waals surface area (Å²) in [7, 11) is 0. The van der Waals surface area contributed by atoms with Gasteiger partial charge < -0.3 is 29.3 Å². The fourth-order valence-electron chi connectivity index (χ4n) is 3.03. The molecule has 216 valence electrons. The molecule has 0 bridgehead atoms. The van der Waals surface area contributed by atoms with E-state index >= 15 is 0 Å². The van der Waals surface area contributed by atoms with Crippen molar-refractivity contribution >= 4 is 17.8 Å². The molecule has 0 aliphatic carbocycles. The van der Waals surface area contributed by atoms with Crippen molar-refractivity contribution in [1.82, 2.24) is 5.32 Å². The van der Waals surface area contributed by atoms with Crippen LogP contribution >= 0.6 is 0 Å². The van der Waals surface area contributed by atoms with Gasteiger partial charge in [0.15, 0.2) is 11.5 Å². The van der Waals surface area contributed by atoms with Crippen LogP contribution in [0.5, 0.6) is 11.5 Å². The van der Waals surface area contributed by atoms with E-state index in [2.05, 4.69) is 19.8 Å². The van der Waals surface area contributed by atoms with Crippen LogP contribution in [0.1, 0.15) is 51.0 Å². The van der Waals surface area contributed by atoms with Gasteiger partial charge in [0.1, 0.15) is 0 Å². The van der Waals surface area contributed by atoms with Crippen LogP contribution in [0.4, 0.5) is 0 Å². The Morgan fingerprint density at radius 2 is 1.23 bits per heavy atom. The van der Waals surface area contributed by atoms with Gasteiger partial charge >= 0.3 is 11.9 Å². The molecule has 0 aromatic heterocycles. The summed E-state index contributed by atoms with van der Waals surface area (Å²) >= 11 is 0. The number of hydrogen-bond donors (Lipinski definition) is 1. The van der Waals surface area contributed by atoms with Crippen molar-refractivity contribution < 1.29 is 53.6 Å². The molecule has 1 aromatic carbocycles. The highest BCUT2D eigenvalue weighted by molar-refractivity contribution is 5.77. The minimum Gasteiger partial charge on any atom is -0.423 e. The van der Waals surface area contributed by atoms with E-state index < -0.39 is 33.2 Å². The maximum atomic E-state index is 12.2. The zero-order valence-corrected chi connectivity index (χ0v) is 20.9. The highest BCUT2D eigenvalue weighted by atomic mass is 17.0. The molecular weight excluding hydrogens is 532 g/mol. The van der Waals surface area contributed by atoms with Crippen LogP contribution in [0.2, 0.25) is 0 Å². The lowest BCUT2D eigenvalue weighted by Crippen LogP contribution is -2.34. The minimum atomic E-state index is -0.997. The number of amides is 1. The van der Waals surface area contributed by atoms with E-state index in [-0.39, 0.29) is 82.2 Å². The van der Waals surface area contributed by atoms with Crippen molar-refractivity contribution in [2.45, 2.75) is 57.9 Å². The third kappa shape index (κ3) is 15.8. The lowest BCUT2D eigenvalue weighted by molar-refractivity contribution is -0.757. The number of hydrogen-bond acceptors (Lipinski definition) is 14. The molecule has 0 radical (unpaired) electrons. The van der Waals surface area contributed by atoms with Crippen molar-refractivity contribution in [3.63, 3.8) is 0 Å². The molecular formula is C21H28N4O14. The van der Waals surface area contributed by atoms with E-state index in [1.54, 1.807) is 13.0 Å². The van der Waals surface area contributed by atoms with Crippen molar-refractivity contribution in [2.24, 2.45) is 0 Å². The second kappa shape index (κ2) is 17.6. The number of nitrogens with zero attached hydrogens (tertiary/aromatic N) is 3. The molecule has 1 amide bonds. The van der Waals surface area contributed by atoms with Crippen molar-refractivity contribution in [2.75, 3.05) is 19.8 Å². The molecule has 0 fully saturated rings. The molecule has 18 nitrogen and oxygen atoms in total. The first-order valence-electron chi connectivity index (χ1n) is 11.6. The van der Waals surface area contributed by atoms with Gasteiger partial charge in [-0.05, 0) is 50.3 Å². The summed E-state index contributed by atoms with van der Waals surface area (Å²) in [6.45, 7) is 0.838. The molecule has 0 aliphatic heterocycles. The van der Waals surface area contributed by atoms with Crippen LogP contribution in [-0.2, 0) is 35.3 Å². The van der Waals surface area contributed by atoms with Gasteiger partial charge in [0.05, 0.1) is 19.8 Å². The third-order valence-corrected chi connectivity index (χ3v) is 4.59. The molecule has 1 atom stereocenters. The summed E-state index contributed by atoms with van der Waals surface area (Å²) in [6, 6.07) is 3.95. The highest BCUT2D eigenvalue weighted by Gasteiger charge is 2.17. The van der Waals surface area contributed by atoms with E-state index in [0.717, 1.165) is 0 Å². The Morgan fingerprint density at radius 3 is 1.72 bits per heavy atom. The van der Waals surface area contributed by atoms with Crippen molar-refractivity contribution in [3.05, 3.63) is 54.1 Å². The number of esters is 2. The molecule has 0 saturated heterocycles. The first-order chi connectivity index (χ1) is 18.5. The van der Waals surface area contributed by atoms with Crippen molar-refractivity contribution in [3.8, 4) is 11.5 Å². The van der Waals surface area contributed by atoms with Gasteiger partial charge in [0.25, 0.3) is 15.3 Å². The largest absolute Gasteiger partial charge is 0.423 e. The Hall–Kier alpha value is -4.77. The SMILES string of the molecule is CC(Cc1ccc(OC(=O)CCCO[N+](=O)[O-])c(OC(=O)CCCO[N+](=O)[O-])c1)NC(=O)CCCO[N+](=O)[O-]. The first kappa shape index (κ1) is 32.3. The summed E-state index contributed by atoms with van der Waals surface area (Å²) in [6.07, 6.45) is -0.0643. The average Bonchev–Trinajstić information content (AvgIpc) is 2.83. The van der Waals surface area contributed by atoms with E-state index in [4.69, 9.17) is 9.47 Å². The van der Waals surface area contributed by atoms with Gasteiger partial charge in [-0.25, -0.2) is 0 Å². The molecule has 0 aliphatic rings. The Balaban J connectivity index is 2.80. The average molecular weight is 560 g/mol. The summed E-state index contributed by atoms with van der Waals surface area (Å²) in [5, 5.41) is 30.3. The maximum Gasteiger partial charge on any atom is 0.311 e. The van der Waals surface area contributed by atoms with Crippen LogP contribution in [0.3, 0.4) is 0 Å². The highest BCUT2D eigenvalue weighted by Crippen LogP contribution is 2.30. The molecule has 0 spiro atoms. The van der Waals surface area contributed by atoms with E-state index in [0.29, 0.717) is 5.56 Å². The Bertz CT molecular complexity index is 1020. The lowest BCUT2D eigenvalue weighted by atomic mass is 10.1. The Labute approximate surface area is 220 Å². The molecule has 18 heteroatoms. The molecule has 1 rings (SSSR count). The Morgan fingerprint density at radius 1 is 0.769 bits per heavy atom. The summed E-state index contributed by atoms with van der Waals surface area (Å²) < 4.78 is 10.5. The summed E-state index contributed by atoms with van der Waals surface area (Å²) in [5.74, 6) is -2.15. The fraction of sp³-hybridized carbons (Fsp3) is 0.571. The normalized spacial score (nSPS) is 11.0. The van der Waals surface area contributed by atoms with E-state index in [1.807, 2.05) is 0 Å². The summed E-state index contributed by atoms with van der Waals surface area (Å²) in [5.41, 5.74) is 0.582. The molecule has 0 heterocycles. The number of carbonyl (C=O) groups is 3. The van der Waals surface area contributed by atoms with Crippen LogP contribution in [-0.4, -0.2) is 59.0 Å². The van der Waals surface area contributed by atoms with Gasteiger partial charge in [-0.2, -0.15) is 0 Å². The number of rotatable bonds is 20. The van der Waals surface area contributed by atoms with E-state index in [1.165, 1.54) is 12.1 Å². The topological polar surface area (TPSA) is 239 Å². The smallest absolute Gasteiger partial charge is 0.311 e.